The van der Waals surface area contributed by atoms with Crippen LogP contribution in [0.1, 0.15) is 52.4 Å². The minimum atomic E-state index is 0.0304. The molecule has 0 aromatic rings. The van der Waals surface area contributed by atoms with E-state index in [9.17, 15) is 0 Å². The van der Waals surface area contributed by atoms with Crippen LogP contribution in [0.2, 0.25) is 0 Å². The van der Waals surface area contributed by atoms with E-state index in [1.54, 1.807) is 0 Å². The molecule has 0 rings (SSSR count). The Morgan fingerprint density at radius 3 is 1.52 bits per heavy atom. The topological polar surface area (TPSA) is 149 Å². The largest absolute Gasteiger partial charge is 0.321 e. The van der Waals surface area contributed by atoms with Crippen LogP contribution in [0.4, 0.5) is 0 Å². The van der Waals surface area contributed by atoms with Crippen molar-refractivity contribution in [2.75, 3.05) is 11.5 Å². The van der Waals surface area contributed by atoms with E-state index in [0.29, 0.717) is 0 Å². The molecule has 0 saturated carbocycles. The number of amidine groups is 2. The van der Waals surface area contributed by atoms with Gasteiger partial charge in [-0.1, -0.05) is 63.1 Å². The summed E-state index contributed by atoms with van der Waals surface area (Å²) < 4.78 is 0. The minimum absolute atomic E-state index is 0.0304. The molecule has 0 aliphatic carbocycles. The van der Waals surface area contributed by atoms with Crippen molar-refractivity contribution in [2.45, 2.75) is 52.4 Å². The van der Waals surface area contributed by atoms with E-state index in [1.807, 2.05) is 0 Å². The molecule has 0 saturated heterocycles. The fourth-order valence-electron chi connectivity index (χ4n) is 2.19. The van der Waals surface area contributed by atoms with Gasteiger partial charge < -0.3 is 11.7 Å². The highest BCUT2D eigenvalue weighted by Gasteiger charge is 2.30. The number of nitrogens with two attached hydrogens (primary N) is 2. The monoisotopic (exact) mass is 360 g/mol. The van der Waals surface area contributed by atoms with Gasteiger partial charge in [0.15, 0.2) is 0 Å². The Morgan fingerprint density at radius 1 is 0.870 bits per heavy atom. The van der Waals surface area contributed by atoms with Crippen molar-refractivity contribution in [3.63, 3.8) is 0 Å². The SMILES string of the molecule is CCCCC(CCCC)(CSC(N=N)=NN)CSC(N=N)=NN. The molecule has 0 heterocycles. The van der Waals surface area contributed by atoms with Crippen molar-refractivity contribution in [1.82, 2.24) is 0 Å². The van der Waals surface area contributed by atoms with Gasteiger partial charge in [-0.2, -0.15) is 10.2 Å². The summed E-state index contributed by atoms with van der Waals surface area (Å²) in [5, 5.41) is 14.3. The van der Waals surface area contributed by atoms with Gasteiger partial charge >= 0.3 is 0 Å². The lowest BCUT2D eigenvalue weighted by Crippen LogP contribution is -2.28. The van der Waals surface area contributed by atoms with Gasteiger partial charge in [0.1, 0.15) is 0 Å². The van der Waals surface area contributed by atoms with Crippen molar-refractivity contribution in [3.05, 3.63) is 0 Å². The summed E-state index contributed by atoms with van der Waals surface area (Å²) in [7, 11) is 0. The summed E-state index contributed by atoms with van der Waals surface area (Å²) in [4.78, 5) is 0. The maximum atomic E-state index is 7.09. The number of unbranched alkanes of at least 4 members (excludes halogenated alkanes) is 2. The molecule has 0 unspecified atom stereocenters. The van der Waals surface area contributed by atoms with E-state index in [0.717, 1.165) is 50.0 Å². The Labute approximate surface area is 146 Å². The quantitative estimate of drug-likeness (QED) is 0.151. The van der Waals surface area contributed by atoms with Gasteiger partial charge in [0.2, 0.25) is 10.3 Å². The summed E-state index contributed by atoms with van der Waals surface area (Å²) in [6, 6.07) is 0. The van der Waals surface area contributed by atoms with Crippen molar-refractivity contribution in [1.29, 1.82) is 11.1 Å². The number of nitrogens with zero attached hydrogens (tertiary/aromatic N) is 4. The first-order valence-electron chi connectivity index (χ1n) is 7.67. The maximum absolute atomic E-state index is 7.09. The van der Waals surface area contributed by atoms with Gasteiger partial charge in [-0.25, -0.2) is 11.1 Å². The molecule has 23 heavy (non-hydrogen) atoms. The highest BCUT2D eigenvalue weighted by molar-refractivity contribution is 8.14. The molecular formula is C13H28N8S2. The van der Waals surface area contributed by atoms with E-state index < -0.39 is 0 Å². The van der Waals surface area contributed by atoms with Crippen molar-refractivity contribution in [3.8, 4) is 0 Å². The highest BCUT2D eigenvalue weighted by atomic mass is 32.2. The molecule has 0 amide bonds. The Balaban J connectivity index is 5.12. The third kappa shape index (κ3) is 8.89. The lowest BCUT2D eigenvalue weighted by atomic mass is 9.82. The molecule has 0 aromatic carbocycles. The summed E-state index contributed by atoms with van der Waals surface area (Å²) in [5.41, 5.74) is 14.2. The molecule has 0 bridgehead atoms. The van der Waals surface area contributed by atoms with Crippen LogP contribution >= 0.6 is 23.5 Å². The van der Waals surface area contributed by atoms with Crippen molar-refractivity contribution in [2.24, 2.45) is 37.5 Å². The van der Waals surface area contributed by atoms with Crippen LogP contribution < -0.4 is 11.7 Å². The second-order valence-corrected chi connectivity index (χ2v) is 7.22. The Kier molecular flexibility index (Phi) is 12.6. The van der Waals surface area contributed by atoms with Crippen molar-refractivity contribution >= 4 is 33.9 Å². The lowest BCUT2D eigenvalue weighted by molar-refractivity contribution is 0.305. The molecule has 0 atom stereocenters. The summed E-state index contributed by atoms with van der Waals surface area (Å²) in [5.74, 6) is 12.0. The van der Waals surface area contributed by atoms with Gasteiger partial charge in [0.05, 0.1) is 0 Å². The first-order chi connectivity index (χ1) is 11.1. The zero-order valence-electron chi connectivity index (χ0n) is 13.9. The normalized spacial score (nSPS) is 13.1. The Hall–Kier alpha value is -1.16. The average Bonchev–Trinajstić information content (AvgIpc) is 2.59. The molecule has 10 heteroatoms. The third-order valence-electron chi connectivity index (χ3n) is 3.55. The molecule has 0 fully saturated rings. The molecule has 0 aliphatic rings. The molecule has 0 radical (unpaired) electrons. The lowest BCUT2D eigenvalue weighted by Gasteiger charge is -2.33. The standard InChI is InChI=1S/C13H28N8S2/c1-3-5-7-13(8-6-4-2,9-22-11(18-14)19-15)10-23-12(20-16)21-17/h14,16H,3-10,15,17H2,1-2H3. The number of rotatable bonds is 10. The Morgan fingerprint density at radius 2 is 1.26 bits per heavy atom. The zero-order valence-corrected chi connectivity index (χ0v) is 15.5. The highest BCUT2D eigenvalue weighted by Crippen LogP contribution is 2.38. The van der Waals surface area contributed by atoms with Crippen LogP contribution in [0.25, 0.3) is 0 Å². The van der Waals surface area contributed by atoms with Gasteiger partial charge in [0, 0.05) is 11.5 Å². The number of thioether (sulfide) groups is 2. The van der Waals surface area contributed by atoms with E-state index in [2.05, 4.69) is 34.3 Å². The van der Waals surface area contributed by atoms with Crippen LogP contribution in [0.15, 0.2) is 20.4 Å². The fraction of sp³-hybridized carbons (Fsp3) is 0.846. The maximum Gasteiger partial charge on any atom is 0.226 e. The van der Waals surface area contributed by atoms with E-state index in [1.165, 1.54) is 23.5 Å². The number of hydrogen-bond donors (Lipinski definition) is 4. The van der Waals surface area contributed by atoms with Gasteiger partial charge in [-0.3, -0.25) is 0 Å². The van der Waals surface area contributed by atoms with Crippen LogP contribution in [0.5, 0.6) is 0 Å². The van der Waals surface area contributed by atoms with E-state index in [4.69, 9.17) is 22.7 Å². The van der Waals surface area contributed by atoms with Gasteiger partial charge in [-0.05, 0) is 18.3 Å². The van der Waals surface area contributed by atoms with Gasteiger partial charge in [0.25, 0.3) is 0 Å². The number of hydrogen-bond acceptors (Lipinski definition) is 8. The second kappa shape index (κ2) is 13.3. The number of nitrogens with one attached hydrogen (secondary N) is 2. The van der Waals surface area contributed by atoms with Crippen LogP contribution in [-0.4, -0.2) is 21.8 Å². The molecular weight excluding hydrogens is 332 g/mol. The molecule has 8 nitrogen and oxygen atoms in total. The Bertz CT molecular complexity index is 373. The third-order valence-corrected chi connectivity index (χ3v) is 5.97. The molecule has 0 aromatic heterocycles. The molecule has 0 spiro atoms. The summed E-state index contributed by atoms with van der Waals surface area (Å²) in [6.07, 6.45) is 6.57. The molecule has 0 aliphatic heterocycles. The second-order valence-electron chi connectivity index (χ2n) is 5.33. The molecule has 6 N–H and O–H groups in total. The predicted molar refractivity (Wildman–Crippen MR) is 99.9 cm³/mol. The zero-order chi connectivity index (χ0) is 17.6. The van der Waals surface area contributed by atoms with Crippen LogP contribution in [-0.2, 0) is 0 Å². The smallest absolute Gasteiger partial charge is 0.226 e. The molecule has 132 valence electrons. The predicted octanol–water partition coefficient (Wildman–Crippen LogP) is 4.34. The van der Waals surface area contributed by atoms with E-state index >= 15 is 0 Å². The first kappa shape index (κ1) is 21.8. The minimum Gasteiger partial charge on any atom is -0.321 e. The first-order valence-corrected chi connectivity index (χ1v) is 9.64. The average molecular weight is 361 g/mol. The van der Waals surface area contributed by atoms with Crippen LogP contribution in [0, 0.1) is 16.5 Å². The fourth-order valence-corrected chi connectivity index (χ4v) is 4.25. The van der Waals surface area contributed by atoms with E-state index in [-0.39, 0.29) is 15.8 Å². The summed E-state index contributed by atoms with van der Waals surface area (Å²) >= 11 is 2.81. The number of hydrazone groups is 2. The van der Waals surface area contributed by atoms with Gasteiger partial charge in [-0.15, -0.1) is 10.2 Å². The van der Waals surface area contributed by atoms with Crippen LogP contribution in [0.3, 0.4) is 0 Å². The van der Waals surface area contributed by atoms with Crippen molar-refractivity contribution < 1.29 is 0 Å². The summed E-state index contributed by atoms with van der Waals surface area (Å²) in [6.45, 7) is 4.34.